The van der Waals surface area contributed by atoms with Gasteiger partial charge in [-0.05, 0) is 25.5 Å². The summed E-state index contributed by atoms with van der Waals surface area (Å²) in [5.41, 5.74) is 2.09. The fraction of sp³-hybridized carbons (Fsp3) is 0.278. The Morgan fingerprint density at radius 3 is 2.84 bits per heavy atom. The van der Waals surface area contributed by atoms with E-state index in [2.05, 4.69) is 27.5 Å². The summed E-state index contributed by atoms with van der Waals surface area (Å²) in [4.78, 5) is 22.9. The number of carbonyl (C=O) groups is 1. The van der Waals surface area contributed by atoms with Gasteiger partial charge in [0.2, 0.25) is 5.91 Å². The maximum Gasteiger partial charge on any atom is 0.239 e. The number of amides is 1. The van der Waals surface area contributed by atoms with E-state index >= 15 is 0 Å². The lowest BCUT2D eigenvalue weighted by molar-refractivity contribution is -0.119. The first kappa shape index (κ1) is 17.2. The normalized spacial score (nSPS) is 10.7. The van der Waals surface area contributed by atoms with Crippen molar-refractivity contribution in [2.75, 3.05) is 19.0 Å². The first-order valence-electron chi connectivity index (χ1n) is 7.93. The van der Waals surface area contributed by atoms with E-state index < -0.39 is 0 Å². The van der Waals surface area contributed by atoms with Gasteiger partial charge in [0.15, 0.2) is 0 Å². The van der Waals surface area contributed by atoms with Crippen LogP contribution in [0.1, 0.15) is 16.0 Å². The second kappa shape index (κ2) is 7.48. The molecular weight excluding hydrogens is 336 g/mol. The summed E-state index contributed by atoms with van der Waals surface area (Å²) in [5.74, 6) is 1.35. The highest BCUT2D eigenvalue weighted by molar-refractivity contribution is 7.18. The van der Waals surface area contributed by atoms with Gasteiger partial charge in [0, 0.05) is 17.0 Å². The van der Waals surface area contributed by atoms with Gasteiger partial charge in [0.05, 0.1) is 19.0 Å². The zero-order valence-electron chi connectivity index (χ0n) is 14.4. The van der Waals surface area contributed by atoms with Gasteiger partial charge in [-0.3, -0.25) is 4.79 Å². The number of thiophene rings is 1. The van der Waals surface area contributed by atoms with E-state index in [-0.39, 0.29) is 12.5 Å². The van der Waals surface area contributed by atoms with Crippen LogP contribution in [-0.4, -0.2) is 29.5 Å². The zero-order chi connectivity index (χ0) is 17.8. The Hall–Kier alpha value is -2.67. The minimum atomic E-state index is -0.109. The van der Waals surface area contributed by atoms with Crippen LogP contribution in [0.3, 0.4) is 0 Å². The van der Waals surface area contributed by atoms with E-state index in [1.807, 2.05) is 31.2 Å². The lowest BCUT2D eigenvalue weighted by atomic mass is 10.2. The number of benzene rings is 1. The molecule has 0 radical (unpaired) electrons. The first-order chi connectivity index (χ1) is 12.1. The first-order valence-corrected chi connectivity index (χ1v) is 8.75. The molecule has 0 atom stereocenters. The standard InChI is InChI=1S/C18H20N4O2S/c1-11-12(2)25-18-16(11)17(21-10-22-18)20-9-15(23)19-8-13-6-4-5-7-14(13)24-3/h4-7,10H,8-9H2,1-3H3,(H,19,23)(H,20,21,22). The van der Waals surface area contributed by atoms with Crippen LogP contribution < -0.4 is 15.4 Å². The quantitative estimate of drug-likeness (QED) is 0.710. The third-order valence-corrected chi connectivity index (χ3v) is 5.17. The van der Waals surface area contributed by atoms with Crippen LogP contribution in [0.5, 0.6) is 5.75 Å². The summed E-state index contributed by atoms with van der Waals surface area (Å²) in [6.45, 7) is 4.67. The van der Waals surface area contributed by atoms with Gasteiger partial charge in [0.1, 0.15) is 22.7 Å². The van der Waals surface area contributed by atoms with Crippen molar-refractivity contribution in [3.8, 4) is 5.75 Å². The largest absolute Gasteiger partial charge is 0.496 e. The van der Waals surface area contributed by atoms with Crippen molar-refractivity contribution in [1.82, 2.24) is 15.3 Å². The Kier molecular flexibility index (Phi) is 5.14. The second-order valence-corrected chi connectivity index (χ2v) is 6.83. The zero-order valence-corrected chi connectivity index (χ0v) is 15.2. The highest BCUT2D eigenvalue weighted by Gasteiger charge is 2.12. The van der Waals surface area contributed by atoms with Crippen LogP contribution in [0.25, 0.3) is 10.2 Å². The number of carbonyl (C=O) groups excluding carboxylic acids is 1. The van der Waals surface area contributed by atoms with Gasteiger partial charge in [-0.15, -0.1) is 11.3 Å². The van der Waals surface area contributed by atoms with E-state index in [0.29, 0.717) is 12.4 Å². The van der Waals surface area contributed by atoms with Crippen LogP contribution in [0, 0.1) is 13.8 Å². The molecule has 0 bridgehead atoms. The van der Waals surface area contributed by atoms with Crippen molar-refractivity contribution in [2.45, 2.75) is 20.4 Å². The lowest BCUT2D eigenvalue weighted by Gasteiger charge is -2.10. The van der Waals surface area contributed by atoms with Crippen molar-refractivity contribution >= 4 is 33.3 Å². The Morgan fingerprint density at radius 2 is 2.04 bits per heavy atom. The summed E-state index contributed by atoms with van der Waals surface area (Å²) in [5, 5.41) is 7.00. The number of aryl methyl sites for hydroxylation is 2. The molecule has 2 aromatic heterocycles. The number of fused-ring (bicyclic) bond motifs is 1. The topological polar surface area (TPSA) is 76.1 Å². The number of aromatic nitrogens is 2. The summed E-state index contributed by atoms with van der Waals surface area (Å²) in [6.07, 6.45) is 1.52. The van der Waals surface area contributed by atoms with Gasteiger partial charge in [0.25, 0.3) is 0 Å². The molecule has 0 spiro atoms. The molecule has 0 aliphatic heterocycles. The highest BCUT2D eigenvalue weighted by Crippen LogP contribution is 2.32. The monoisotopic (exact) mass is 356 g/mol. The maximum atomic E-state index is 12.2. The Labute approximate surface area is 150 Å². The summed E-state index contributed by atoms with van der Waals surface area (Å²) in [6, 6.07) is 7.62. The molecule has 0 fully saturated rings. The molecule has 25 heavy (non-hydrogen) atoms. The van der Waals surface area contributed by atoms with E-state index in [9.17, 15) is 4.79 Å². The number of nitrogens with zero attached hydrogens (tertiary/aromatic N) is 2. The summed E-state index contributed by atoms with van der Waals surface area (Å²) >= 11 is 1.63. The number of rotatable bonds is 6. The minimum absolute atomic E-state index is 0.109. The van der Waals surface area contributed by atoms with Crippen molar-refractivity contribution in [1.29, 1.82) is 0 Å². The predicted molar refractivity (Wildman–Crippen MR) is 100 cm³/mol. The van der Waals surface area contributed by atoms with Crippen molar-refractivity contribution < 1.29 is 9.53 Å². The summed E-state index contributed by atoms with van der Waals surface area (Å²) < 4.78 is 5.29. The number of para-hydroxylation sites is 1. The Balaban J connectivity index is 1.63. The van der Waals surface area contributed by atoms with Crippen molar-refractivity contribution in [3.05, 3.63) is 46.6 Å². The molecule has 3 aromatic rings. The van der Waals surface area contributed by atoms with E-state index in [1.54, 1.807) is 18.4 Å². The third-order valence-electron chi connectivity index (χ3n) is 4.05. The molecule has 0 saturated heterocycles. The molecule has 0 unspecified atom stereocenters. The maximum absolute atomic E-state index is 12.2. The molecule has 0 aliphatic carbocycles. The van der Waals surface area contributed by atoms with Gasteiger partial charge in [-0.1, -0.05) is 18.2 Å². The predicted octanol–water partition coefficient (Wildman–Crippen LogP) is 3.05. The van der Waals surface area contributed by atoms with Crippen LogP contribution >= 0.6 is 11.3 Å². The molecule has 130 valence electrons. The van der Waals surface area contributed by atoms with Gasteiger partial charge in [-0.25, -0.2) is 9.97 Å². The molecule has 0 aliphatic rings. The number of ether oxygens (including phenoxy) is 1. The Morgan fingerprint density at radius 1 is 1.24 bits per heavy atom. The number of methoxy groups -OCH3 is 1. The van der Waals surface area contributed by atoms with E-state index in [0.717, 1.165) is 27.1 Å². The molecule has 3 rings (SSSR count). The number of nitrogens with one attached hydrogen (secondary N) is 2. The van der Waals surface area contributed by atoms with Gasteiger partial charge < -0.3 is 15.4 Å². The summed E-state index contributed by atoms with van der Waals surface area (Å²) in [7, 11) is 1.62. The van der Waals surface area contributed by atoms with Crippen LogP contribution in [0.4, 0.5) is 5.82 Å². The molecule has 2 heterocycles. The van der Waals surface area contributed by atoms with Crippen LogP contribution in [0.15, 0.2) is 30.6 Å². The second-order valence-electron chi connectivity index (χ2n) is 5.63. The fourth-order valence-electron chi connectivity index (χ4n) is 2.59. The van der Waals surface area contributed by atoms with E-state index in [1.165, 1.54) is 11.2 Å². The molecule has 1 aromatic carbocycles. The number of hydrogen-bond donors (Lipinski definition) is 2. The van der Waals surface area contributed by atoms with E-state index in [4.69, 9.17) is 4.74 Å². The van der Waals surface area contributed by atoms with Gasteiger partial charge >= 0.3 is 0 Å². The molecule has 7 heteroatoms. The molecule has 2 N–H and O–H groups in total. The van der Waals surface area contributed by atoms with Crippen molar-refractivity contribution in [2.24, 2.45) is 0 Å². The Bertz CT molecular complexity index is 907. The lowest BCUT2D eigenvalue weighted by Crippen LogP contribution is -2.29. The smallest absolute Gasteiger partial charge is 0.239 e. The number of hydrogen-bond acceptors (Lipinski definition) is 6. The third kappa shape index (κ3) is 3.71. The average Bonchev–Trinajstić information content (AvgIpc) is 2.93. The average molecular weight is 356 g/mol. The van der Waals surface area contributed by atoms with Crippen molar-refractivity contribution in [3.63, 3.8) is 0 Å². The fourth-order valence-corrected chi connectivity index (χ4v) is 3.58. The highest BCUT2D eigenvalue weighted by atomic mass is 32.1. The molecular formula is C18H20N4O2S. The van der Waals surface area contributed by atoms with Crippen LogP contribution in [-0.2, 0) is 11.3 Å². The molecule has 6 nitrogen and oxygen atoms in total. The molecule has 1 amide bonds. The number of anilines is 1. The minimum Gasteiger partial charge on any atom is -0.496 e. The van der Waals surface area contributed by atoms with Crippen LogP contribution in [0.2, 0.25) is 0 Å². The van der Waals surface area contributed by atoms with Gasteiger partial charge in [-0.2, -0.15) is 0 Å². The molecule has 0 saturated carbocycles. The SMILES string of the molecule is COc1ccccc1CNC(=O)CNc1ncnc2sc(C)c(C)c12.